The van der Waals surface area contributed by atoms with Crippen molar-refractivity contribution in [2.24, 2.45) is 0 Å². The summed E-state index contributed by atoms with van der Waals surface area (Å²) in [5.74, 6) is 0.193. The van der Waals surface area contributed by atoms with Crippen molar-refractivity contribution in [1.82, 2.24) is 5.32 Å². The van der Waals surface area contributed by atoms with Gasteiger partial charge in [0, 0.05) is 20.6 Å². The molecule has 0 aromatic heterocycles. The Bertz CT molecular complexity index is 1330. The summed E-state index contributed by atoms with van der Waals surface area (Å²) >= 11 is 24.6. The molecule has 3 amide bonds. The maximum atomic E-state index is 12.9. The SMILES string of the molecule is CCOc1cc(/C=C2/NC(=O)N(c3ccc(Cl)cc3)C2=O)cc(Cl)c1OCc1ccc(Cl)cc1Cl. The minimum Gasteiger partial charge on any atom is -0.490 e. The molecule has 3 aromatic rings. The first-order chi connectivity index (χ1) is 16.8. The first-order valence-corrected chi connectivity index (χ1v) is 11.9. The first kappa shape index (κ1) is 25.2. The van der Waals surface area contributed by atoms with Crippen LogP contribution in [0.4, 0.5) is 10.5 Å². The summed E-state index contributed by atoms with van der Waals surface area (Å²) < 4.78 is 11.6. The lowest BCUT2D eigenvalue weighted by Crippen LogP contribution is -2.30. The van der Waals surface area contributed by atoms with Gasteiger partial charge >= 0.3 is 6.03 Å². The molecule has 1 N–H and O–H groups in total. The van der Waals surface area contributed by atoms with Crippen LogP contribution in [0.25, 0.3) is 6.08 Å². The molecule has 0 unspecified atom stereocenters. The van der Waals surface area contributed by atoms with E-state index in [0.717, 1.165) is 10.5 Å². The zero-order chi connectivity index (χ0) is 25.1. The van der Waals surface area contributed by atoms with Crippen LogP contribution in [-0.2, 0) is 11.4 Å². The van der Waals surface area contributed by atoms with Crippen LogP contribution >= 0.6 is 46.4 Å². The molecule has 180 valence electrons. The Morgan fingerprint density at radius 3 is 2.29 bits per heavy atom. The van der Waals surface area contributed by atoms with Crippen LogP contribution in [0.15, 0.2) is 60.3 Å². The van der Waals surface area contributed by atoms with Crippen molar-refractivity contribution in [2.45, 2.75) is 13.5 Å². The molecule has 10 heteroatoms. The number of rotatable bonds is 7. The lowest BCUT2D eigenvalue weighted by Gasteiger charge is -2.15. The number of ether oxygens (including phenoxy) is 2. The van der Waals surface area contributed by atoms with E-state index < -0.39 is 11.9 Å². The molecule has 3 aromatic carbocycles. The van der Waals surface area contributed by atoms with Crippen molar-refractivity contribution in [2.75, 3.05) is 11.5 Å². The van der Waals surface area contributed by atoms with Gasteiger partial charge in [-0.05, 0) is 67.1 Å². The number of hydrogen-bond acceptors (Lipinski definition) is 4. The first-order valence-electron chi connectivity index (χ1n) is 10.4. The normalized spacial score (nSPS) is 14.4. The fourth-order valence-electron chi connectivity index (χ4n) is 3.39. The van der Waals surface area contributed by atoms with Gasteiger partial charge < -0.3 is 14.8 Å². The monoisotopic (exact) mass is 550 g/mol. The van der Waals surface area contributed by atoms with Crippen molar-refractivity contribution < 1.29 is 19.1 Å². The number of amides is 3. The summed E-state index contributed by atoms with van der Waals surface area (Å²) in [5, 5.41) is 4.33. The Hall–Kier alpha value is -2.90. The number of carbonyl (C=O) groups is 2. The van der Waals surface area contributed by atoms with E-state index in [4.69, 9.17) is 55.9 Å². The van der Waals surface area contributed by atoms with Gasteiger partial charge in [-0.15, -0.1) is 0 Å². The highest BCUT2D eigenvalue weighted by atomic mass is 35.5. The largest absolute Gasteiger partial charge is 0.490 e. The zero-order valence-corrected chi connectivity index (χ0v) is 21.3. The highest BCUT2D eigenvalue weighted by Gasteiger charge is 2.35. The maximum Gasteiger partial charge on any atom is 0.333 e. The van der Waals surface area contributed by atoms with Gasteiger partial charge in [0.25, 0.3) is 5.91 Å². The van der Waals surface area contributed by atoms with Crippen LogP contribution in [0, 0.1) is 0 Å². The van der Waals surface area contributed by atoms with Gasteiger partial charge in [0.15, 0.2) is 11.5 Å². The van der Waals surface area contributed by atoms with E-state index >= 15 is 0 Å². The number of halogens is 4. The smallest absolute Gasteiger partial charge is 0.333 e. The third-order valence-corrected chi connectivity index (χ3v) is 6.11. The van der Waals surface area contributed by atoms with Crippen molar-refractivity contribution >= 4 is 70.1 Å². The molecule has 1 aliphatic rings. The van der Waals surface area contributed by atoms with Gasteiger partial charge in [0.1, 0.15) is 12.3 Å². The molecule has 6 nitrogen and oxygen atoms in total. The minimum absolute atomic E-state index is 0.0880. The van der Waals surface area contributed by atoms with Crippen LogP contribution in [0.2, 0.25) is 20.1 Å². The van der Waals surface area contributed by atoms with E-state index in [2.05, 4.69) is 5.32 Å². The number of hydrogen-bond donors (Lipinski definition) is 1. The van der Waals surface area contributed by atoms with Gasteiger partial charge in [0.2, 0.25) is 0 Å². The topological polar surface area (TPSA) is 67.9 Å². The van der Waals surface area contributed by atoms with Crippen LogP contribution in [0.3, 0.4) is 0 Å². The van der Waals surface area contributed by atoms with E-state index in [9.17, 15) is 9.59 Å². The molecule has 1 aliphatic heterocycles. The molecular weight excluding hydrogens is 534 g/mol. The Labute approximate surface area is 221 Å². The third kappa shape index (κ3) is 5.68. The van der Waals surface area contributed by atoms with E-state index in [1.165, 1.54) is 6.08 Å². The summed E-state index contributed by atoms with van der Waals surface area (Å²) in [6.07, 6.45) is 1.52. The quantitative estimate of drug-likeness (QED) is 0.246. The van der Waals surface area contributed by atoms with Crippen molar-refractivity contribution in [3.8, 4) is 11.5 Å². The molecule has 0 bridgehead atoms. The third-order valence-electron chi connectivity index (χ3n) is 4.99. The molecule has 0 radical (unpaired) electrons. The molecule has 0 spiro atoms. The Balaban J connectivity index is 1.60. The Morgan fingerprint density at radius 2 is 1.60 bits per heavy atom. The summed E-state index contributed by atoms with van der Waals surface area (Å²) in [6, 6.07) is 14.2. The van der Waals surface area contributed by atoms with Crippen LogP contribution in [-0.4, -0.2) is 18.5 Å². The number of nitrogens with one attached hydrogen (secondary N) is 1. The van der Waals surface area contributed by atoms with Crippen molar-refractivity contribution in [3.05, 3.63) is 91.5 Å². The van der Waals surface area contributed by atoms with Crippen LogP contribution in [0.5, 0.6) is 11.5 Å². The van der Waals surface area contributed by atoms with Gasteiger partial charge in [-0.3, -0.25) is 4.79 Å². The van der Waals surface area contributed by atoms with E-state index in [1.54, 1.807) is 54.6 Å². The van der Waals surface area contributed by atoms with Gasteiger partial charge in [-0.25, -0.2) is 9.69 Å². The fraction of sp³-hybridized carbons (Fsp3) is 0.120. The molecule has 0 saturated carbocycles. The van der Waals surface area contributed by atoms with Gasteiger partial charge in [-0.2, -0.15) is 0 Å². The van der Waals surface area contributed by atoms with Crippen LogP contribution in [0.1, 0.15) is 18.1 Å². The molecule has 1 saturated heterocycles. The van der Waals surface area contributed by atoms with Crippen LogP contribution < -0.4 is 19.7 Å². The maximum absolute atomic E-state index is 12.9. The minimum atomic E-state index is -0.570. The van der Waals surface area contributed by atoms with E-state index in [-0.39, 0.29) is 17.3 Å². The highest BCUT2D eigenvalue weighted by Crippen LogP contribution is 2.38. The number of nitrogens with zero attached hydrogens (tertiary/aromatic N) is 1. The Morgan fingerprint density at radius 1 is 0.886 bits per heavy atom. The van der Waals surface area contributed by atoms with Crippen molar-refractivity contribution in [1.29, 1.82) is 0 Å². The number of benzene rings is 3. The number of anilines is 1. The summed E-state index contributed by atoms with van der Waals surface area (Å²) in [7, 11) is 0. The molecule has 1 heterocycles. The van der Waals surface area contributed by atoms with Crippen molar-refractivity contribution in [3.63, 3.8) is 0 Å². The lowest BCUT2D eigenvalue weighted by molar-refractivity contribution is -0.113. The fourth-order valence-corrected chi connectivity index (χ4v) is 4.25. The molecule has 0 aliphatic carbocycles. The van der Waals surface area contributed by atoms with Gasteiger partial charge in [-0.1, -0.05) is 52.5 Å². The molecule has 4 rings (SSSR count). The molecule has 0 atom stereocenters. The summed E-state index contributed by atoms with van der Waals surface area (Å²) in [6.45, 7) is 2.32. The van der Waals surface area contributed by atoms with E-state index in [0.29, 0.717) is 44.4 Å². The molecular formula is C25H18Cl4N2O4. The highest BCUT2D eigenvalue weighted by molar-refractivity contribution is 6.35. The molecule has 1 fully saturated rings. The predicted octanol–water partition coefficient (Wildman–Crippen LogP) is 7.38. The second kappa shape index (κ2) is 10.8. The predicted molar refractivity (Wildman–Crippen MR) is 139 cm³/mol. The van der Waals surface area contributed by atoms with Gasteiger partial charge in [0.05, 0.1) is 17.3 Å². The Kier molecular flexibility index (Phi) is 7.77. The summed E-state index contributed by atoms with van der Waals surface area (Å²) in [5.41, 5.74) is 1.75. The number of urea groups is 1. The van der Waals surface area contributed by atoms with E-state index in [1.807, 2.05) is 6.92 Å². The second-order valence-corrected chi connectivity index (χ2v) is 9.08. The average Bonchev–Trinajstić information content (AvgIpc) is 3.08. The standard InChI is InChI=1S/C25H18Cl4N2O4/c1-2-34-22-11-14(9-20(29)23(22)35-13-15-3-4-17(27)12-19(15)28)10-21-24(32)31(25(33)30-21)18-7-5-16(26)6-8-18/h3-12H,2,13H2,1H3,(H,30,33)/b21-10+. The zero-order valence-electron chi connectivity index (χ0n) is 18.3. The number of carbonyl (C=O) groups excluding carboxylic acids is 2. The lowest BCUT2D eigenvalue weighted by atomic mass is 10.1. The number of imide groups is 1. The molecule has 35 heavy (non-hydrogen) atoms. The average molecular weight is 552 g/mol. The second-order valence-electron chi connectivity index (χ2n) is 7.39. The summed E-state index contributed by atoms with van der Waals surface area (Å²) in [4.78, 5) is 26.4.